The monoisotopic (exact) mass is 648 g/mol. The summed E-state index contributed by atoms with van der Waals surface area (Å²) in [4.78, 5) is 42.7. The Bertz CT molecular complexity index is 1400. The van der Waals surface area contributed by atoms with Crippen LogP contribution >= 0.6 is 0 Å². The molecule has 1 aliphatic heterocycles. The van der Waals surface area contributed by atoms with Gasteiger partial charge in [0.2, 0.25) is 12.3 Å². The molecule has 4 N–H and O–H groups in total. The topological polar surface area (TPSA) is 125 Å². The number of carbonyl (C=O) groups excluding carboxylic acids is 3. The maximum absolute atomic E-state index is 15.3. The number of aromatic nitrogens is 1. The first kappa shape index (κ1) is 33.6. The molecular weight excluding hydrogens is 617 g/mol. The summed E-state index contributed by atoms with van der Waals surface area (Å²) in [5, 5.41) is 9.49. The van der Waals surface area contributed by atoms with Crippen LogP contribution in [-0.2, 0) is 15.8 Å². The second-order valence-corrected chi connectivity index (χ2v) is 10.7. The van der Waals surface area contributed by atoms with Crippen molar-refractivity contribution in [2.75, 3.05) is 37.5 Å². The number of ether oxygens (including phenoxy) is 1. The average molecular weight is 649 g/mol. The van der Waals surface area contributed by atoms with E-state index in [2.05, 4.69) is 26.3 Å². The number of pyridine rings is 1. The highest BCUT2D eigenvalue weighted by molar-refractivity contribution is 6.03. The summed E-state index contributed by atoms with van der Waals surface area (Å²) in [6.45, 7) is -1.27. The van der Waals surface area contributed by atoms with Gasteiger partial charge in [-0.05, 0) is 31.7 Å². The molecule has 17 heteroatoms. The Balaban J connectivity index is 1.69. The Kier molecular flexibility index (Phi) is 10.3. The van der Waals surface area contributed by atoms with Crippen molar-refractivity contribution in [1.82, 2.24) is 20.9 Å². The minimum absolute atomic E-state index is 0.139. The molecule has 1 saturated heterocycles. The van der Waals surface area contributed by atoms with Crippen molar-refractivity contribution in [1.29, 1.82) is 0 Å². The molecule has 1 aromatic heterocycles. The largest absolute Gasteiger partial charge is 0.497 e. The van der Waals surface area contributed by atoms with Crippen LogP contribution < -0.4 is 30.9 Å². The van der Waals surface area contributed by atoms with Gasteiger partial charge in [-0.25, -0.2) is 27.3 Å². The van der Waals surface area contributed by atoms with Gasteiger partial charge in [-0.3, -0.25) is 14.5 Å². The highest BCUT2D eigenvalue weighted by atomic mass is 19.4. The first-order chi connectivity index (χ1) is 21.2. The van der Waals surface area contributed by atoms with Crippen molar-refractivity contribution in [3.63, 3.8) is 0 Å². The number of anilines is 2. The molecule has 1 unspecified atom stereocenters. The van der Waals surface area contributed by atoms with E-state index in [4.69, 9.17) is 4.74 Å². The van der Waals surface area contributed by atoms with Gasteiger partial charge in [0.1, 0.15) is 34.8 Å². The molecule has 2 heterocycles. The number of nitrogens with one attached hydrogen (secondary N) is 4. The molecule has 10 nitrogen and oxygen atoms in total. The van der Waals surface area contributed by atoms with Gasteiger partial charge in [0, 0.05) is 55.4 Å². The number of hydrogen-bond acceptors (Lipinski definition) is 6. The second-order valence-electron chi connectivity index (χ2n) is 10.7. The zero-order valence-electron chi connectivity index (χ0n) is 24.1. The lowest BCUT2D eigenvalue weighted by molar-refractivity contribution is -0.136. The molecule has 0 spiro atoms. The molecule has 2 fully saturated rings. The number of alkyl halides is 5. The van der Waals surface area contributed by atoms with Crippen LogP contribution in [0.15, 0.2) is 24.4 Å². The van der Waals surface area contributed by atoms with Crippen molar-refractivity contribution in [2.45, 2.75) is 56.3 Å². The lowest BCUT2D eigenvalue weighted by atomic mass is 9.86. The van der Waals surface area contributed by atoms with E-state index < -0.39 is 102 Å². The molecule has 45 heavy (non-hydrogen) atoms. The highest BCUT2D eigenvalue weighted by Crippen LogP contribution is 2.44. The molecule has 4 amide bonds. The predicted octanol–water partition coefficient (Wildman–Crippen LogP) is 4.17. The molecule has 4 rings (SSSR count). The molecule has 1 aromatic carbocycles. The van der Waals surface area contributed by atoms with E-state index in [1.807, 2.05) is 0 Å². The summed E-state index contributed by atoms with van der Waals surface area (Å²) in [5.74, 6) is -7.60. The van der Waals surface area contributed by atoms with Crippen molar-refractivity contribution in [3.05, 3.63) is 47.2 Å². The highest BCUT2D eigenvalue weighted by Gasteiger charge is 2.49. The van der Waals surface area contributed by atoms with Crippen molar-refractivity contribution >= 4 is 29.4 Å². The third kappa shape index (κ3) is 7.50. The summed E-state index contributed by atoms with van der Waals surface area (Å²) in [6.07, 6.45) is -5.96. The molecule has 1 aliphatic carbocycles. The average Bonchev–Trinajstić information content (AvgIpc) is 3.29. The molecule has 0 bridgehead atoms. The number of likely N-dealkylation sites (N-methyl/N-ethyl adjacent to an activating group) is 1. The standard InChI is InChI=1S/C28H31F7N6O4/c1-36-20(42)11-38-19-7-8-37-25(22(19)28(33,34)35)41-12-16(21-17(29)9-15(45-2)10-18(21)30)23(26(41)43)40-27(44)39-14-5-3-13(4-6-14)24(31)32/h7-10,13-14,16,23-24H,3-6,11-12H2,1-2H3,(H,36,42)(H,37,38)(H2,39,40,44)/t13?,14?,16-,23?/m0/s1. The van der Waals surface area contributed by atoms with Crippen molar-refractivity contribution in [2.24, 2.45) is 5.92 Å². The number of urea groups is 1. The minimum Gasteiger partial charge on any atom is -0.497 e. The van der Waals surface area contributed by atoms with Gasteiger partial charge < -0.3 is 26.0 Å². The lowest BCUT2D eigenvalue weighted by Crippen LogP contribution is -2.51. The number of hydrogen-bond donors (Lipinski definition) is 4. The SMILES string of the molecule is CNC(=O)CNc1ccnc(N2C[C@@H](c3c(F)cc(OC)cc3F)C(NC(=O)NC3CCC(C(F)F)CC3)C2=O)c1C(F)(F)F. The number of nitrogens with zero attached hydrogens (tertiary/aromatic N) is 2. The van der Waals surface area contributed by atoms with Crippen molar-refractivity contribution in [3.8, 4) is 5.75 Å². The van der Waals surface area contributed by atoms with Crippen LogP contribution in [0.25, 0.3) is 0 Å². The number of amides is 4. The summed E-state index contributed by atoms with van der Waals surface area (Å²) >= 11 is 0. The van der Waals surface area contributed by atoms with E-state index in [1.165, 1.54) is 7.05 Å². The second kappa shape index (κ2) is 13.8. The van der Waals surface area contributed by atoms with Gasteiger partial charge in [-0.1, -0.05) is 0 Å². The van der Waals surface area contributed by atoms with Crippen LogP contribution in [0.2, 0.25) is 0 Å². The van der Waals surface area contributed by atoms with Crippen LogP contribution in [0.3, 0.4) is 0 Å². The minimum atomic E-state index is -5.11. The number of methoxy groups -OCH3 is 1. The zero-order valence-corrected chi connectivity index (χ0v) is 24.1. The Labute approximate surface area is 253 Å². The fraction of sp³-hybridized carbons (Fsp3) is 0.500. The third-order valence-corrected chi connectivity index (χ3v) is 7.91. The molecule has 0 radical (unpaired) electrons. The number of halogens is 7. The molecule has 246 valence electrons. The fourth-order valence-electron chi connectivity index (χ4n) is 5.61. The van der Waals surface area contributed by atoms with Gasteiger partial charge >= 0.3 is 12.2 Å². The lowest BCUT2D eigenvalue weighted by Gasteiger charge is -2.29. The summed E-state index contributed by atoms with van der Waals surface area (Å²) in [5.41, 5.74) is -2.69. The predicted molar refractivity (Wildman–Crippen MR) is 147 cm³/mol. The van der Waals surface area contributed by atoms with Crippen molar-refractivity contribution < 1.29 is 49.9 Å². The number of carbonyl (C=O) groups is 3. The van der Waals surface area contributed by atoms with Crippen LogP contribution in [0.4, 0.5) is 47.0 Å². The van der Waals surface area contributed by atoms with Crippen LogP contribution in [-0.4, -0.2) is 68.6 Å². The first-order valence-electron chi connectivity index (χ1n) is 13.9. The number of benzene rings is 1. The van der Waals surface area contributed by atoms with E-state index in [-0.39, 0.29) is 31.4 Å². The van der Waals surface area contributed by atoms with Crippen LogP contribution in [0.5, 0.6) is 5.75 Å². The zero-order chi connectivity index (χ0) is 33.1. The summed E-state index contributed by atoms with van der Waals surface area (Å²) < 4.78 is 105. The Morgan fingerprint density at radius 1 is 1.09 bits per heavy atom. The quantitative estimate of drug-likeness (QED) is 0.303. The van der Waals surface area contributed by atoms with E-state index in [0.29, 0.717) is 4.90 Å². The van der Waals surface area contributed by atoms with E-state index in [1.54, 1.807) is 0 Å². The fourth-order valence-corrected chi connectivity index (χ4v) is 5.61. The molecule has 2 atom stereocenters. The Hall–Kier alpha value is -4.31. The summed E-state index contributed by atoms with van der Waals surface area (Å²) in [6, 6.07) is -0.672. The van der Waals surface area contributed by atoms with Gasteiger partial charge in [-0.2, -0.15) is 13.2 Å². The molecule has 1 saturated carbocycles. The van der Waals surface area contributed by atoms with Crippen LogP contribution in [0.1, 0.15) is 42.7 Å². The Morgan fingerprint density at radius 2 is 1.73 bits per heavy atom. The third-order valence-electron chi connectivity index (χ3n) is 7.91. The maximum atomic E-state index is 15.3. The normalized spacial score (nSPS) is 21.9. The van der Waals surface area contributed by atoms with Crippen LogP contribution in [0, 0.1) is 17.6 Å². The van der Waals surface area contributed by atoms with E-state index in [0.717, 1.165) is 31.5 Å². The first-order valence-corrected chi connectivity index (χ1v) is 13.9. The molecule has 2 aliphatic rings. The van der Waals surface area contributed by atoms with Gasteiger partial charge in [-0.15, -0.1) is 0 Å². The van der Waals surface area contributed by atoms with E-state index >= 15 is 8.78 Å². The van der Waals surface area contributed by atoms with E-state index in [9.17, 15) is 36.3 Å². The Morgan fingerprint density at radius 3 is 2.29 bits per heavy atom. The maximum Gasteiger partial charge on any atom is 0.421 e. The summed E-state index contributed by atoms with van der Waals surface area (Å²) in [7, 11) is 2.44. The van der Waals surface area contributed by atoms with Gasteiger partial charge in [0.15, 0.2) is 0 Å². The number of rotatable bonds is 9. The molecule has 2 aromatic rings. The smallest absolute Gasteiger partial charge is 0.421 e. The van der Waals surface area contributed by atoms with Gasteiger partial charge in [0.05, 0.1) is 19.3 Å². The van der Waals surface area contributed by atoms with Gasteiger partial charge in [0.25, 0.3) is 5.91 Å². The molecular formula is C28H31F7N6O4.